The van der Waals surface area contributed by atoms with Gasteiger partial charge in [0, 0.05) is 11.6 Å². The summed E-state index contributed by atoms with van der Waals surface area (Å²) in [6, 6.07) is 4.89. The van der Waals surface area contributed by atoms with Gasteiger partial charge in [0.2, 0.25) is 5.91 Å². The van der Waals surface area contributed by atoms with Crippen molar-refractivity contribution in [1.82, 2.24) is 0 Å². The van der Waals surface area contributed by atoms with Crippen molar-refractivity contribution in [2.45, 2.75) is 12.3 Å². The summed E-state index contributed by atoms with van der Waals surface area (Å²) in [6.45, 7) is 0. The van der Waals surface area contributed by atoms with Crippen LogP contribution in [0.25, 0.3) is 0 Å². The molecule has 1 amide bonds. The molecule has 2 rings (SSSR count). The Hall–Kier alpha value is -2.57. The molecule has 0 saturated heterocycles. The Balaban J connectivity index is 2.52. The summed E-state index contributed by atoms with van der Waals surface area (Å²) in [4.78, 5) is 35.0. The van der Waals surface area contributed by atoms with Gasteiger partial charge < -0.3 is 19.9 Å². The molecule has 1 heterocycles. The number of carbonyl (C=O) groups excluding carboxylic acids is 2. The van der Waals surface area contributed by atoms with E-state index in [0.717, 1.165) is 7.11 Å². The first-order valence-corrected chi connectivity index (χ1v) is 6.26. The maximum absolute atomic E-state index is 12.1. The van der Waals surface area contributed by atoms with Crippen LogP contribution >= 0.6 is 0 Å². The van der Waals surface area contributed by atoms with Crippen molar-refractivity contribution in [3.8, 4) is 5.75 Å². The zero-order valence-corrected chi connectivity index (χ0v) is 11.6. The Labute approximate surface area is 120 Å². The van der Waals surface area contributed by atoms with Crippen molar-refractivity contribution < 1.29 is 29.0 Å². The molecule has 1 aliphatic rings. The number of methoxy groups -OCH3 is 2. The molecule has 0 aromatic heterocycles. The van der Waals surface area contributed by atoms with Gasteiger partial charge in [-0.2, -0.15) is 0 Å². The molecule has 21 heavy (non-hydrogen) atoms. The molecule has 1 aliphatic heterocycles. The molecule has 0 aliphatic carbocycles. The standard InChI is InChI=1S/C14H15NO6/c1-20-7-3-4-10-8(5-7)9(6-11(16)17)12(13(18)15-10)14(19)21-2/h3-5,9,12H,6H2,1-2H3,(H,15,18)(H,16,17). The van der Waals surface area contributed by atoms with Crippen molar-refractivity contribution in [2.24, 2.45) is 5.92 Å². The maximum Gasteiger partial charge on any atom is 0.318 e. The molecule has 2 N–H and O–H groups in total. The Morgan fingerprint density at radius 2 is 2.05 bits per heavy atom. The summed E-state index contributed by atoms with van der Waals surface area (Å²) in [7, 11) is 2.64. The largest absolute Gasteiger partial charge is 0.497 e. The molecular weight excluding hydrogens is 278 g/mol. The van der Waals surface area contributed by atoms with Crippen molar-refractivity contribution in [3.63, 3.8) is 0 Å². The summed E-state index contributed by atoms with van der Waals surface area (Å²) in [6.07, 6.45) is -0.354. The summed E-state index contributed by atoms with van der Waals surface area (Å²) in [5, 5.41) is 11.7. The molecule has 0 saturated carbocycles. The van der Waals surface area contributed by atoms with E-state index in [1.807, 2.05) is 0 Å². The highest BCUT2D eigenvalue weighted by Crippen LogP contribution is 2.40. The third kappa shape index (κ3) is 2.81. The molecule has 2 unspecified atom stereocenters. The summed E-state index contributed by atoms with van der Waals surface area (Å²) >= 11 is 0. The van der Waals surface area contributed by atoms with Crippen molar-refractivity contribution in [2.75, 3.05) is 19.5 Å². The number of esters is 1. The van der Waals surface area contributed by atoms with Crippen LogP contribution in [0.5, 0.6) is 5.75 Å². The van der Waals surface area contributed by atoms with E-state index < -0.39 is 29.7 Å². The van der Waals surface area contributed by atoms with Gasteiger partial charge in [-0.25, -0.2) is 0 Å². The van der Waals surface area contributed by atoms with E-state index in [1.54, 1.807) is 18.2 Å². The molecule has 0 radical (unpaired) electrons. The third-order valence-corrected chi connectivity index (χ3v) is 3.45. The number of carboxylic acid groups (broad SMARTS) is 1. The van der Waals surface area contributed by atoms with Gasteiger partial charge in [0.25, 0.3) is 0 Å². The number of aliphatic carboxylic acids is 1. The van der Waals surface area contributed by atoms with E-state index in [-0.39, 0.29) is 6.42 Å². The van der Waals surface area contributed by atoms with Gasteiger partial charge in [0.05, 0.1) is 20.6 Å². The van der Waals surface area contributed by atoms with Gasteiger partial charge in [0.1, 0.15) is 11.7 Å². The number of carboxylic acids is 1. The Kier molecular flexibility index (Phi) is 4.11. The number of amides is 1. The van der Waals surface area contributed by atoms with Crippen molar-refractivity contribution in [3.05, 3.63) is 23.8 Å². The van der Waals surface area contributed by atoms with E-state index >= 15 is 0 Å². The SMILES string of the molecule is COC(=O)C1C(=O)Nc2ccc(OC)cc2C1CC(=O)O. The van der Waals surface area contributed by atoms with E-state index in [4.69, 9.17) is 9.84 Å². The van der Waals surface area contributed by atoms with Gasteiger partial charge in [-0.3, -0.25) is 14.4 Å². The lowest BCUT2D eigenvalue weighted by atomic mass is 9.79. The van der Waals surface area contributed by atoms with Crippen LogP contribution in [-0.4, -0.2) is 37.2 Å². The highest BCUT2D eigenvalue weighted by molar-refractivity contribution is 6.08. The first-order chi connectivity index (χ1) is 9.97. The number of fused-ring (bicyclic) bond motifs is 1. The number of ether oxygens (including phenoxy) is 2. The van der Waals surface area contributed by atoms with E-state index in [1.165, 1.54) is 7.11 Å². The Morgan fingerprint density at radius 3 is 2.62 bits per heavy atom. The predicted molar refractivity (Wildman–Crippen MR) is 72.1 cm³/mol. The minimum atomic E-state index is -1.19. The fourth-order valence-corrected chi connectivity index (χ4v) is 2.48. The highest BCUT2D eigenvalue weighted by atomic mass is 16.5. The smallest absolute Gasteiger partial charge is 0.318 e. The first kappa shape index (κ1) is 14.8. The lowest BCUT2D eigenvalue weighted by Gasteiger charge is -2.30. The molecule has 112 valence electrons. The molecule has 1 aromatic rings. The second-order valence-corrected chi connectivity index (χ2v) is 4.65. The Bertz CT molecular complexity index is 597. The fourth-order valence-electron chi connectivity index (χ4n) is 2.48. The van der Waals surface area contributed by atoms with Crippen molar-refractivity contribution >= 4 is 23.5 Å². The zero-order valence-electron chi connectivity index (χ0n) is 11.6. The first-order valence-electron chi connectivity index (χ1n) is 6.26. The summed E-state index contributed by atoms with van der Waals surface area (Å²) in [5.74, 6) is -3.89. The molecule has 7 heteroatoms. The summed E-state index contributed by atoms with van der Waals surface area (Å²) in [5.41, 5.74) is 1.03. The van der Waals surface area contributed by atoms with Crippen LogP contribution in [0.4, 0.5) is 5.69 Å². The monoisotopic (exact) mass is 293 g/mol. The average molecular weight is 293 g/mol. The van der Waals surface area contributed by atoms with Gasteiger partial charge in [-0.05, 0) is 23.8 Å². The van der Waals surface area contributed by atoms with Crippen LogP contribution < -0.4 is 10.1 Å². The number of benzene rings is 1. The van der Waals surface area contributed by atoms with Gasteiger partial charge in [-0.1, -0.05) is 0 Å². The lowest BCUT2D eigenvalue weighted by Crippen LogP contribution is -2.40. The van der Waals surface area contributed by atoms with E-state index in [0.29, 0.717) is 17.0 Å². The number of hydrogen-bond acceptors (Lipinski definition) is 5. The van der Waals surface area contributed by atoms with Crippen molar-refractivity contribution in [1.29, 1.82) is 0 Å². The van der Waals surface area contributed by atoms with Crippen LogP contribution in [0, 0.1) is 5.92 Å². The van der Waals surface area contributed by atoms with Crippen LogP contribution in [-0.2, 0) is 19.1 Å². The lowest BCUT2D eigenvalue weighted by molar-refractivity contribution is -0.150. The number of hydrogen-bond donors (Lipinski definition) is 2. The predicted octanol–water partition coefficient (Wildman–Crippen LogP) is 0.995. The molecule has 0 fully saturated rings. The van der Waals surface area contributed by atoms with E-state index in [2.05, 4.69) is 10.1 Å². The molecule has 1 aromatic carbocycles. The van der Waals surface area contributed by atoms with E-state index in [9.17, 15) is 14.4 Å². The van der Waals surface area contributed by atoms with Crippen LogP contribution in [0.2, 0.25) is 0 Å². The molecule has 0 bridgehead atoms. The van der Waals surface area contributed by atoms with Crippen LogP contribution in [0.15, 0.2) is 18.2 Å². The van der Waals surface area contributed by atoms with Gasteiger partial charge in [0.15, 0.2) is 0 Å². The summed E-state index contributed by atoms with van der Waals surface area (Å²) < 4.78 is 9.73. The number of carbonyl (C=O) groups is 3. The second-order valence-electron chi connectivity index (χ2n) is 4.65. The molecule has 0 spiro atoms. The minimum absolute atomic E-state index is 0.354. The highest BCUT2D eigenvalue weighted by Gasteiger charge is 2.42. The average Bonchev–Trinajstić information content (AvgIpc) is 2.45. The molecular formula is C14H15NO6. The van der Waals surface area contributed by atoms with Gasteiger partial charge >= 0.3 is 11.9 Å². The van der Waals surface area contributed by atoms with Gasteiger partial charge in [-0.15, -0.1) is 0 Å². The van der Waals surface area contributed by atoms with Crippen LogP contribution in [0.3, 0.4) is 0 Å². The van der Waals surface area contributed by atoms with Crippen LogP contribution in [0.1, 0.15) is 17.9 Å². The topological polar surface area (TPSA) is 102 Å². The number of anilines is 1. The quantitative estimate of drug-likeness (QED) is 0.634. The fraction of sp³-hybridized carbons (Fsp3) is 0.357. The maximum atomic E-state index is 12.1. The Morgan fingerprint density at radius 1 is 1.33 bits per heavy atom. The zero-order chi connectivity index (χ0) is 15.6. The molecule has 7 nitrogen and oxygen atoms in total. The number of rotatable bonds is 4. The number of nitrogens with one attached hydrogen (secondary N) is 1. The second kappa shape index (κ2) is 5.82. The minimum Gasteiger partial charge on any atom is -0.497 e. The third-order valence-electron chi connectivity index (χ3n) is 3.45. The molecule has 2 atom stereocenters. The normalized spacial score (nSPS) is 20.2.